The second kappa shape index (κ2) is 7.48. The summed E-state index contributed by atoms with van der Waals surface area (Å²) in [6, 6.07) is 0. The molecule has 0 spiro atoms. The average Bonchev–Trinajstić information content (AvgIpc) is 3.13. The van der Waals surface area contributed by atoms with E-state index >= 15 is 0 Å². The van der Waals surface area contributed by atoms with Crippen LogP contribution in [0.3, 0.4) is 0 Å². The standard InChI is InChI=1S/C15H24N6O4/c1-2-3-4-5-24-11-8(6-22)25-14(10(11)23)21-7-18-9-12(16)19-15(17)20-13(9)21/h7-8,10-11,14,22-23H,2-6H2,1H3,(H4,16,17,19,20)/t8-,10-,11-,14-/m1/s1. The monoisotopic (exact) mass is 352 g/mol. The molecule has 1 aliphatic rings. The van der Waals surface area contributed by atoms with Gasteiger partial charge < -0.3 is 31.2 Å². The molecular formula is C15H24N6O4. The molecule has 1 aliphatic heterocycles. The Labute approximate surface area is 144 Å². The van der Waals surface area contributed by atoms with E-state index in [9.17, 15) is 10.2 Å². The van der Waals surface area contributed by atoms with Crippen molar-refractivity contribution >= 4 is 22.9 Å². The molecule has 0 saturated carbocycles. The van der Waals surface area contributed by atoms with Gasteiger partial charge in [0.15, 0.2) is 17.7 Å². The van der Waals surface area contributed by atoms with Gasteiger partial charge in [-0.05, 0) is 6.42 Å². The van der Waals surface area contributed by atoms with Gasteiger partial charge in [0.05, 0.1) is 12.9 Å². The maximum atomic E-state index is 10.7. The van der Waals surface area contributed by atoms with Crippen LogP contribution in [0.5, 0.6) is 0 Å². The first-order valence-electron chi connectivity index (χ1n) is 8.38. The third-order valence-electron chi connectivity index (χ3n) is 4.29. The van der Waals surface area contributed by atoms with Crippen molar-refractivity contribution in [1.82, 2.24) is 19.5 Å². The van der Waals surface area contributed by atoms with Crippen LogP contribution in [0, 0.1) is 0 Å². The van der Waals surface area contributed by atoms with Crippen LogP contribution in [0.4, 0.5) is 11.8 Å². The molecule has 25 heavy (non-hydrogen) atoms. The summed E-state index contributed by atoms with van der Waals surface area (Å²) < 4.78 is 13.1. The first-order valence-corrected chi connectivity index (χ1v) is 8.38. The number of aromatic nitrogens is 4. The third kappa shape index (κ3) is 3.38. The van der Waals surface area contributed by atoms with Gasteiger partial charge >= 0.3 is 0 Å². The molecule has 0 aromatic carbocycles. The van der Waals surface area contributed by atoms with Crippen LogP contribution < -0.4 is 11.5 Å². The van der Waals surface area contributed by atoms with Gasteiger partial charge in [0.1, 0.15) is 23.8 Å². The summed E-state index contributed by atoms with van der Waals surface area (Å²) in [5.41, 5.74) is 12.2. The van der Waals surface area contributed by atoms with Crippen molar-refractivity contribution in [3.63, 3.8) is 0 Å². The van der Waals surface area contributed by atoms with Crippen LogP contribution in [0.25, 0.3) is 11.2 Å². The number of anilines is 2. The second-order valence-electron chi connectivity index (χ2n) is 6.07. The van der Waals surface area contributed by atoms with Gasteiger partial charge in [-0.15, -0.1) is 0 Å². The number of nitrogens with two attached hydrogens (primary N) is 2. The number of rotatable bonds is 7. The van der Waals surface area contributed by atoms with Crippen LogP contribution in [0.1, 0.15) is 32.4 Å². The number of fused-ring (bicyclic) bond motifs is 1. The normalized spacial score (nSPS) is 26.5. The molecule has 0 amide bonds. The highest BCUT2D eigenvalue weighted by Gasteiger charge is 2.45. The minimum Gasteiger partial charge on any atom is -0.394 e. The highest BCUT2D eigenvalue weighted by Crippen LogP contribution is 2.33. The molecule has 0 radical (unpaired) electrons. The van der Waals surface area contributed by atoms with Gasteiger partial charge in [-0.2, -0.15) is 9.97 Å². The maximum absolute atomic E-state index is 10.7. The van der Waals surface area contributed by atoms with Gasteiger partial charge in [-0.25, -0.2) is 4.98 Å². The summed E-state index contributed by atoms with van der Waals surface area (Å²) in [5, 5.41) is 20.2. The number of unbranched alkanes of at least 4 members (excludes halogenated alkanes) is 2. The van der Waals surface area contributed by atoms with Gasteiger partial charge in [-0.3, -0.25) is 4.57 Å². The van der Waals surface area contributed by atoms with E-state index in [1.54, 1.807) is 0 Å². The number of nitrogen functional groups attached to an aromatic ring is 2. The third-order valence-corrected chi connectivity index (χ3v) is 4.29. The Hall–Kier alpha value is -2.01. The summed E-state index contributed by atoms with van der Waals surface area (Å²) in [6.07, 6.45) is 1.37. The SMILES string of the molecule is CCCCCO[C@H]1[C@@H](O)[C@H](n2cnc3c(N)nc(N)nc32)O[C@@H]1CO. The van der Waals surface area contributed by atoms with Crippen molar-refractivity contribution in [2.45, 2.75) is 50.7 Å². The Bertz CT molecular complexity index is 723. The van der Waals surface area contributed by atoms with Gasteiger partial charge in [0, 0.05) is 6.61 Å². The number of hydrogen-bond donors (Lipinski definition) is 4. The molecule has 10 nitrogen and oxygen atoms in total. The van der Waals surface area contributed by atoms with Crippen molar-refractivity contribution in [2.75, 3.05) is 24.7 Å². The zero-order valence-corrected chi connectivity index (χ0v) is 14.1. The minimum atomic E-state index is -0.992. The fourth-order valence-electron chi connectivity index (χ4n) is 3.02. The van der Waals surface area contributed by atoms with E-state index < -0.39 is 24.5 Å². The van der Waals surface area contributed by atoms with E-state index in [-0.39, 0.29) is 18.4 Å². The van der Waals surface area contributed by atoms with Gasteiger partial charge in [-0.1, -0.05) is 19.8 Å². The first-order chi connectivity index (χ1) is 12.1. The Morgan fingerprint density at radius 3 is 2.84 bits per heavy atom. The Morgan fingerprint density at radius 2 is 2.12 bits per heavy atom. The van der Waals surface area contributed by atoms with Gasteiger partial charge in [0.2, 0.25) is 5.95 Å². The van der Waals surface area contributed by atoms with Crippen LogP contribution in [-0.2, 0) is 9.47 Å². The number of hydrogen-bond acceptors (Lipinski definition) is 9. The lowest BCUT2D eigenvalue weighted by atomic mass is 10.1. The molecule has 2 aromatic rings. The number of aliphatic hydroxyl groups excluding tert-OH is 2. The second-order valence-corrected chi connectivity index (χ2v) is 6.07. The fraction of sp³-hybridized carbons (Fsp3) is 0.667. The van der Waals surface area contributed by atoms with Gasteiger partial charge in [0.25, 0.3) is 0 Å². The van der Waals surface area contributed by atoms with Crippen molar-refractivity contribution in [3.8, 4) is 0 Å². The zero-order valence-electron chi connectivity index (χ0n) is 14.1. The lowest BCUT2D eigenvalue weighted by Crippen LogP contribution is -2.36. The first kappa shape index (κ1) is 17.8. The Kier molecular flexibility index (Phi) is 5.33. The molecule has 10 heteroatoms. The maximum Gasteiger partial charge on any atom is 0.224 e. The zero-order chi connectivity index (χ0) is 18.0. The lowest BCUT2D eigenvalue weighted by Gasteiger charge is -2.20. The largest absolute Gasteiger partial charge is 0.394 e. The lowest BCUT2D eigenvalue weighted by molar-refractivity contribution is -0.0609. The predicted octanol–water partition coefficient (Wildman–Crippen LogP) is -0.183. The van der Waals surface area contributed by atoms with Crippen molar-refractivity contribution in [3.05, 3.63) is 6.33 Å². The van der Waals surface area contributed by atoms with E-state index in [0.717, 1.165) is 19.3 Å². The molecule has 3 rings (SSSR count). The molecule has 0 unspecified atom stereocenters. The molecule has 4 atom stereocenters. The molecule has 3 heterocycles. The van der Waals surface area contributed by atoms with Crippen molar-refractivity contribution < 1.29 is 19.7 Å². The molecule has 6 N–H and O–H groups in total. The highest BCUT2D eigenvalue weighted by atomic mass is 16.6. The molecule has 0 bridgehead atoms. The number of imidazole rings is 1. The molecular weight excluding hydrogens is 328 g/mol. The molecule has 138 valence electrons. The van der Waals surface area contributed by atoms with E-state index in [0.29, 0.717) is 17.8 Å². The van der Waals surface area contributed by atoms with E-state index in [1.165, 1.54) is 10.9 Å². The minimum absolute atomic E-state index is 0.00492. The van der Waals surface area contributed by atoms with Crippen molar-refractivity contribution in [1.29, 1.82) is 0 Å². The Balaban J connectivity index is 1.83. The summed E-state index contributed by atoms with van der Waals surface area (Å²) >= 11 is 0. The van der Waals surface area contributed by atoms with E-state index in [1.807, 2.05) is 0 Å². The van der Waals surface area contributed by atoms with Crippen LogP contribution >= 0.6 is 0 Å². The van der Waals surface area contributed by atoms with E-state index in [4.69, 9.17) is 20.9 Å². The number of nitrogens with zero attached hydrogens (tertiary/aromatic N) is 4. The summed E-state index contributed by atoms with van der Waals surface area (Å²) in [4.78, 5) is 12.2. The number of aliphatic hydroxyl groups is 2. The van der Waals surface area contributed by atoms with Crippen molar-refractivity contribution in [2.24, 2.45) is 0 Å². The molecule has 2 aromatic heterocycles. The van der Waals surface area contributed by atoms with E-state index in [2.05, 4.69) is 21.9 Å². The Morgan fingerprint density at radius 1 is 1.32 bits per heavy atom. The van der Waals surface area contributed by atoms with Crippen LogP contribution in [0.15, 0.2) is 6.33 Å². The van der Waals surface area contributed by atoms with Crippen LogP contribution in [0.2, 0.25) is 0 Å². The molecule has 1 saturated heterocycles. The van der Waals surface area contributed by atoms with Crippen LogP contribution in [-0.4, -0.2) is 61.3 Å². The molecule has 0 aliphatic carbocycles. The summed E-state index contributed by atoms with van der Waals surface area (Å²) in [5.74, 6) is 0.158. The summed E-state index contributed by atoms with van der Waals surface area (Å²) in [6.45, 7) is 2.33. The average molecular weight is 352 g/mol. The molecule has 1 fully saturated rings. The quantitative estimate of drug-likeness (QED) is 0.496. The number of ether oxygens (including phenoxy) is 2. The smallest absolute Gasteiger partial charge is 0.224 e. The fourth-order valence-corrected chi connectivity index (χ4v) is 3.02. The summed E-state index contributed by atoms with van der Waals surface area (Å²) in [7, 11) is 0. The predicted molar refractivity (Wildman–Crippen MR) is 90.4 cm³/mol. The highest BCUT2D eigenvalue weighted by molar-refractivity contribution is 5.82. The topological polar surface area (TPSA) is 155 Å².